The second-order valence-corrected chi connectivity index (χ2v) is 4.10. The monoisotopic (exact) mass is 259 g/mol. The largest absolute Gasteiger partial charge is 0.395 e. The van der Waals surface area contributed by atoms with E-state index in [4.69, 9.17) is 9.84 Å². The quantitative estimate of drug-likeness (QED) is 0.489. The molecule has 1 aliphatic heterocycles. The zero-order chi connectivity index (χ0) is 13.4. The minimum atomic E-state index is -0.478. The van der Waals surface area contributed by atoms with Crippen molar-refractivity contribution in [2.45, 2.75) is 12.5 Å². The summed E-state index contributed by atoms with van der Waals surface area (Å²) in [7, 11) is 1.59. The molecule has 0 radical (unpaired) electrons. The molecule has 1 heterocycles. The van der Waals surface area contributed by atoms with Gasteiger partial charge in [0, 0.05) is 33.3 Å². The van der Waals surface area contributed by atoms with Crippen LogP contribution in [0.3, 0.4) is 0 Å². The standard InChI is InChI=1S/C11H21N3O4/c1-18-7-5-14-4-2-12-9(11(14)17)8-10(16)13-3-6-15/h9,12,15H,2-8H2,1H3,(H,13,16). The van der Waals surface area contributed by atoms with Gasteiger partial charge in [0.05, 0.1) is 25.7 Å². The molecule has 1 fully saturated rings. The fourth-order valence-electron chi connectivity index (χ4n) is 1.83. The van der Waals surface area contributed by atoms with Gasteiger partial charge in [0.1, 0.15) is 0 Å². The van der Waals surface area contributed by atoms with E-state index in [0.29, 0.717) is 26.2 Å². The molecule has 0 aromatic heterocycles. The van der Waals surface area contributed by atoms with Crippen molar-refractivity contribution < 1.29 is 19.4 Å². The van der Waals surface area contributed by atoms with Gasteiger partial charge in [-0.1, -0.05) is 0 Å². The number of aliphatic hydroxyl groups excluding tert-OH is 1. The minimum Gasteiger partial charge on any atom is -0.395 e. The number of nitrogens with zero attached hydrogens (tertiary/aromatic N) is 1. The van der Waals surface area contributed by atoms with Crippen LogP contribution >= 0.6 is 0 Å². The van der Waals surface area contributed by atoms with Crippen molar-refractivity contribution in [3.8, 4) is 0 Å². The van der Waals surface area contributed by atoms with Gasteiger partial charge in [-0.3, -0.25) is 9.59 Å². The van der Waals surface area contributed by atoms with E-state index in [1.807, 2.05) is 0 Å². The van der Waals surface area contributed by atoms with Crippen molar-refractivity contribution in [2.75, 3.05) is 46.5 Å². The Hall–Kier alpha value is -1.18. The molecule has 0 aromatic rings. The van der Waals surface area contributed by atoms with Crippen molar-refractivity contribution in [1.29, 1.82) is 0 Å². The predicted molar refractivity (Wildman–Crippen MR) is 65.0 cm³/mol. The molecule has 0 saturated carbocycles. The first-order valence-corrected chi connectivity index (χ1v) is 6.07. The van der Waals surface area contributed by atoms with Crippen molar-refractivity contribution >= 4 is 11.8 Å². The molecule has 1 atom stereocenters. The molecule has 3 N–H and O–H groups in total. The van der Waals surface area contributed by atoms with Crippen LogP contribution in [-0.4, -0.2) is 74.4 Å². The lowest BCUT2D eigenvalue weighted by atomic mass is 10.1. The van der Waals surface area contributed by atoms with E-state index in [1.165, 1.54) is 0 Å². The molecule has 1 unspecified atom stereocenters. The molecular formula is C11H21N3O4. The zero-order valence-electron chi connectivity index (χ0n) is 10.6. The van der Waals surface area contributed by atoms with Crippen LogP contribution in [0.25, 0.3) is 0 Å². The first kappa shape index (κ1) is 14.9. The fraction of sp³-hybridized carbons (Fsp3) is 0.818. The van der Waals surface area contributed by atoms with Crippen LogP contribution in [0.5, 0.6) is 0 Å². The third-order valence-corrected chi connectivity index (χ3v) is 2.77. The van der Waals surface area contributed by atoms with Crippen LogP contribution in [0, 0.1) is 0 Å². The fourth-order valence-corrected chi connectivity index (χ4v) is 1.83. The number of piperazine rings is 1. The number of amides is 2. The first-order valence-electron chi connectivity index (χ1n) is 6.07. The van der Waals surface area contributed by atoms with E-state index >= 15 is 0 Å². The first-order chi connectivity index (χ1) is 8.69. The second kappa shape index (κ2) is 8.02. The molecule has 0 aliphatic carbocycles. The van der Waals surface area contributed by atoms with Crippen molar-refractivity contribution in [3.63, 3.8) is 0 Å². The average Bonchev–Trinajstić information content (AvgIpc) is 2.37. The second-order valence-electron chi connectivity index (χ2n) is 4.10. The van der Waals surface area contributed by atoms with Crippen molar-refractivity contribution in [1.82, 2.24) is 15.5 Å². The van der Waals surface area contributed by atoms with Crippen molar-refractivity contribution in [2.24, 2.45) is 0 Å². The molecule has 0 bridgehead atoms. The van der Waals surface area contributed by atoms with Gasteiger partial charge < -0.3 is 25.4 Å². The molecule has 1 aliphatic rings. The van der Waals surface area contributed by atoms with Gasteiger partial charge in [0.2, 0.25) is 11.8 Å². The topological polar surface area (TPSA) is 90.9 Å². The van der Waals surface area contributed by atoms with E-state index in [-0.39, 0.29) is 31.4 Å². The molecule has 7 nitrogen and oxygen atoms in total. The van der Waals surface area contributed by atoms with E-state index < -0.39 is 6.04 Å². The van der Waals surface area contributed by atoms with Gasteiger partial charge in [-0.15, -0.1) is 0 Å². The summed E-state index contributed by atoms with van der Waals surface area (Å²) in [5.74, 6) is -0.305. The maximum Gasteiger partial charge on any atom is 0.240 e. The molecule has 7 heteroatoms. The van der Waals surface area contributed by atoms with Crippen LogP contribution in [0.4, 0.5) is 0 Å². The average molecular weight is 259 g/mol. The molecule has 0 spiro atoms. The SMILES string of the molecule is COCCN1CCNC(CC(=O)NCCO)C1=O. The van der Waals surface area contributed by atoms with Gasteiger partial charge in [0.25, 0.3) is 0 Å². The summed E-state index contributed by atoms with van der Waals surface area (Å²) < 4.78 is 4.94. The summed E-state index contributed by atoms with van der Waals surface area (Å²) in [5, 5.41) is 14.2. The highest BCUT2D eigenvalue weighted by Gasteiger charge is 2.29. The summed E-state index contributed by atoms with van der Waals surface area (Å²) in [4.78, 5) is 25.2. The highest BCUT2D eigenvalue weighted by molar-refractivity contribution is 5.88. The Kier molecular flexibility index (Phi) is 6.63. The van der Waals surface area contributed by atoms with E-state index in [1.54, 1.807) is 12.0 Å². The Morgan fingerprint density at radius 2 is 2.44 bits per heavy atom. The summed E-state index contributed by atoms with van der Waals surface area (Å²) in [5.41, 5.74) is 0. The van der Waals surface area contributed by atoms with Gasteiger partial charge in [-0.05, 0) is 0 Å². The highest BCUT2D eigenvalue weighted by Crippen LogP contribution is 2.05. The Bertz CT molecular complexity index is 285. The molecule has 1 rings (SSSR count). The number of aliphatic hydroxyl groups is 1. The van der Waals surface area contributed by atoms with Gasteiger partial charge in [-0.25, -0.2) is 0 Å². The number of nitrogens with one attached hydrogen (secondary N) is 2. The van der Waals surface area contributed by atoms with Crippen LogP contribution in [-0.2, 0) is 14.3 Å². The lowest BCUT2D eigenvalue weighted by Gasteiger charge is -2.32. The number of hydrogen-bond donors (Lipinski definition) is 3. The molecule has 2 amide bonds. The lowest BCUT2D eigenvalue weighted by Crippen LogP contribution is -2.56. The van der Waals surface area contributed by atoms with Gasteiger partial charge in [0.15, 0.2) is 0 Å². The number of methoxy groups -OCH3 is 1. The maximum atomic E-state index is 12.0. The van der Waals surface area contributed by atoms with Crippen LogP contribution in [0.2, 0.25) is 0 Å². The highest BCUT2D eigenvalue weighted by atomic mass is 16.5. The normalized spacial score (nSPS) is 20.0. The van der Waals surface area contributed by atoms with Crippen LogP contribution in [0.15, 0.2) is 0 Å². The molecule has 18 heavy (non-hydrogen) atoms. The molecule has 0 aromatic carbocycles. The molecule has 1 saturated heterocycles. The summed E-state index contributed by atoms with van der Waals surface area (Å²) >= 11 is 0. The number of rotatable bonds is 7. The molecule has 104 valence electrons. The number of carbonyl (C=O) groups is 2. The van der Waals surface area contributed by atoms with Crippen molar-refractivity contribution in [3.05, 3.63) is 0 Å². The number of hydrogen-bond acceptors (Lipinski definition) is 5. The third-order valence-electron chi connectivity index (χ3n) is 2.77. The number of ether oxygens (including phenoxy) is 1. The maximum absolute atomic E-state index is 12.0. The van der Waals surface area contributed by atoms with Gasteiger partial charge >= 0.3 is 0 Å². The zero-order valence-corrected chi connectivity index (χ0v) is 10.6. The third kappa shape index (κ3) is 4.59. The lowest BCUT2D eigenvalue weighted by molar-refractivity contribution is -0.138. The summed E-state index contributed by atoms with van der Waals surface area (Å²) in [6.45, 7) is 2.47. The Labute approximate surface area is 106 Å². The molecular weight excluding hydrogens is 238 g/mol. The van der Waals surface area contributed by atoms with Crippen LogP contribution < -0.4 is 10.6 Å². The van der Waals surface area contributed by atoms with Crippen LogP contribution in [0.1, 0.15) is 6.42 Å². The van der Waals surface area contributed by atoms with E-state index in [2.05, 4.69) is 10.6 Å². The van der Waals surface area contributed by atoms with Gasteiger partial charge in [-0.2, -0.15) is 0 Å². The number of carbonyl (C=O) groups excluding carboxylic acids is 2. The predicted octanol–water partition coefficient (Wildman–Crippen LogP) is -2.07. The summed E-state index contributed by atoms with van der Waals surface area (Å²) in [6, 6.07) is -0.478. The minimum absolute atomic E-state index is 0.0718. The Morgan fingerprint density at radius 1 is 1.67 bits per heavy atom. The summed E-state index contributed by atoms with van der Waals surface area (Å²) in [6.07, 6.45) is 0.0995. The Morgan fingerprint density at radius 3 is 3.11 bits per heavy atom. The van der Waals surface area contributed by atoms with E-state index in [0.717, 1.165) is 0 Å². The Balaban J connectivity index is 2.40. The van der Waals surface area contributed by atoms with E-state index in [9.17, 15) is 9.59 Å². The smallest absolute Gasteiger partial charge is 0.240 e.